The number of nitrogens with one attached hydrogen (secondary N) is 1. The Balaban J connectivity index is 1.76. The highest BCUT2D eigenvalue weighted by Gasteiger charge is 2.14. The largest absolute Gasteiger partial charge is 0.470 e. The van der Waals surface area contributed by atoms with Gasteiger partial charge in [-0.3, -0.25) is 0 Å². The SMILES string of the molecule is CCc1csc(OCC2CCNCC2)n1. The summed E-state index contributed by atoms with van der Waals surface area (Å²) >= 11 is 1.61. The molecule has 0 unspecified atom stereocenters. The van der Waals surface area contributed by atoms with Gasteiger partial charge < -0.3 is 10.1 Å². The average Bonchev–Trinajstić information content (AvgIpc) is 2.76. The van der Waals surface area contributed by atoms with Gasteiger partial charge in [-0.05, 0) is 38.3 Å². The van der Waals surface area contributed by atoms with E-state index in [1.807, 2.05) is 0 Å². The van der Waals surface area contributed by atoms with Gasteiger partial charge in [0, 0.05) is 5.38 Å². The van der Waals surface area contributed by atoms with Crippen LogP contribution < -0.4 is 10.1 Å². The molecule has 1 aromatic heterocycles. The third kappa shape index (κ3) is 3.18. The van der Waals surface area contributed by atoms with Crippen LogP contribution in [0.1, 0.15) is 25.5 Å². The molecule has 2 rings (SSSR count). The number of ether oxygens (including phenoxy) is 1. The number of thiazole rings is 1. The van der Waals surface area contributed by atoms with Crippen LogP contribution in [0.4, 0.5) is 0 Å². The number of hydrogen-bond donors (Lipinski definition) is 1. The molecule has 15 heavy (non-hydrogen) atoms. The fourth-order valence-corrected chi connectivity index (χ4v) is 2.52. The predicted octanol–water partition coefficient (Wildman–Crippen LogP) is 2.08. The Morgan fingerprint density at radius 1 is 1.53 bits per heavy atom. The number of rotatable bonds is 4. The summed E-state index contributed by atoms with van der Waals surface area (Å²) in [5.74, 6) is 0.709. The molecule has 0 atom stereocenters. The van der Waals surface area contributed by atoms with E-state index in [0.717, 1.165) is 37.0 Å². The standard InChI is InChI=1S/C11H18N2OS/c1-2-10-8-15-11(13-10)14-7-9-3-5-12-6-4-9/h8-9,12H,2-7H2,1H3. The second-order valence-corrected chi connectivity index (χ2v) is 4.78. The van der Waals surface area contributed by atoms with E-state index in [1.54, 1.807) is 11.3 Å². The average molecular weight is 226 g/mol. The van der Waals surface area contributed by atoms with Crippen molar-refractivity contribution in [3.05, 3.63) is 11.1 Å². The molecule has 0 aromatic carbocycles. The van der Waals surface area contributed by atoms with Gasteiger partial charge in [0.15, 0.2) is 0 Å². The van der Waals surface area contributed by atoms with E-state index in [0.29, 0.717) is 5.92 Å². The van der Waals surface area contributed by atoms with Gasteiger partial charge in [0.1, 0.15) is 0 Å². The second kappa shape index (κ2) is 5.47. The Labute approximate surface area is 94.9 Å². The molecule has 0 spiro atoms. The fraction of sp³-hybridized carbons (Fsp3) is 0.727. The van der Waals surface area contributed by atoms with Crippen LogP contribution >= 0.6 is 11.3 Å². The lowest BCUT2D eigenvalue weighted by Gasteiger charge is -2.21. The minimum absolute atomic E-state index is 0.709. The van der Waals surface area contributed by atoms with Crippen molar-refractivity contribution in [2.24, 2.45) is 5.92 Å². The zero-order valence-corrected chi connectivity index (χ0v) is 9.98. The zero-order valence-electron chi connectivity index (χ0n) is 9.16. The summed E-state index contributed by atoms with van der Waals surface area (Å²) in [5.41, 5.74) is 1.14. The first kappa shape index (κ1) is 10.9. The lowest BCUT2D eigenvalue weighted by molar-refractivity contribution is 0.214. The highest BCUT2D eigenvalue weighted by atomic mass is 32.1. The maximum atomic E-state index is 5.71. The van der Waals surface area contributed by atoms with E-state index in [1.165, 1.54) is 12.8 Å². The molecular weight excluding hydrogens is 208 g/mol. The Morgan fingerprint density at radius 2 is 2.33 bits per heavy atom. The fourth-order valence-electron chi connectivity index (χ4n) is 1.75. The Hall–Kier alpha value is -0.610. The van der Waals surface area contributed by atoms with Crippen LogP contribution in [0.15, 0.2) is 5.38 Å². The number of aryl methyl sites for hydroxylation is 1. The molecule has 0 amide bonds. The van der Waals surface area contributed by atoms with E-state index >= 15 is 0 Å². The molecule has 0 bridgehead atoms. The normalized spacial score (nSPS) is 17.9. The molecule has 84 valence electrons. The van der Waals surface area contributed by atoms with Gasteiger partial charge in [0.2, 0.25) is 0 Å². The molecule has 1 aromatic rings. The molecule has 2 heterocycles. The lowest BCUT2D eigenvalue weighted by atomic mass is 9.99. The monoisotopic (exact) mass is 226 g/mol. The molecule has 1 fully saturated rings. The Morgan fingerprint density at radius 3 is 3.00 bits per heavy atom. The zero-order chi connectivity index (χ0) is 10.5. The van der Waals surface area contributed by atoms with Crippen molar-refractivity contribution in [2.45, 2.75) is 26.2 Å². The molecule has 0 radical (unpaired) electrons. The summed E-state index contributed by atoms with van der Waals surface area (Å²) in [6, 6.07) is 0. The number of nitrogens with zero attached hydrogens (tertiary/aromatic N) is 1. The summed E-state index contributed by atoms with van der Waals surface area (Å²) in [7, 11) is 0. The van der Waals surface area contributed by atoms with Crippen molar-refractivity contribution >= 4 is 11.3 Å². The Kier molecular flexibility index (Phi) is 3.97. The molecule has 1 aliphatic heterocycles. The lowest BCUT2D eigenvalue weighted by Crippen LogP contribution is -2.30. The maximum Gasteiger partial charge on any atom is 0.273 e. The van der Waals surface area contributed by atoms with Crippen molar-refractivity contribution in [3.63, 3.8) is 0 Å². The van der Waals surface area contributed by atoms with Gasteiger partial charge in [-0.1, -0.05) is 18.3 Å². The molecule has 1 N–H and O–H groups in total. The molecule has 4 heteroatoms. The molecule has 0 aliphatic carbocycles. The van der Waals surface area contributed by atoms with Crippen LogP contribution in [0, 0.1) is 5.92 Å². The third-order valence-corrected chi connectivity index (χ3v) is 3.59. The second-order valence-electron chi connectivity index (χ2n) is 3.96. The van der Waals surface area contributed by atoms with Gasteiger partial charge in [0.25, 0.3) is 5.19 Å². The van der Waals surface area contributed by atoms with E-state index in [4.69, 9.17) is 4.74 Å². The van der Waals surface area contributed by atoms with Gasteiger partial charge >= 0.3 is 0 Å². The van der Waals surface area contributed by atoms with Crippen LogP contribution in [0.3, 0.4) is 0 Å². The van der Waals surface area contributed by atoms with Crippen LogP contribution in [-0.4, -0.2) is 24.7 Å². The quantitative estimate of drug-likeness (QED) is 0.853. The first-order chi connectivity index (χ1) is 7.38. The van der Waals surface area contributed by atoms with Gasteiger partial charge in [-0.25, -0.2) is 4.98 Å². The first-order valence-corrected chi connectivity index (χ1v) is 6.54. The smallest absolute Gasteiger partial charge is 0.273 e. The van der Waals surface area contributed by atoms with Gasteiger partial charge in [-0.15, -0.1) is 0 Å². The molecular formula is C11H18N2OS. The van der Waals surface area contributed by atoms with E-state index in [-0.39, 0.29) is 0 Å². The summed E-state index contributed by atoms with van der Waals surface area (Å²) in [6.45, 7) is 5.21. The molecule has 1 aliphatic rings. The number of aromatic nitrogens is 1. The maximum absolute atomic E-state index is 5.71. The van der Waals surface area contributed by atoms with E-state index < -0.39 is 0 Å². The minimum atomic E-state index is 0.709. The van der Waals surface area contributed by atoms with Crippen molar-refractivity contribution in [2.75, 3.05) is 19.7 Å². The van der Waals surface area contributed by atoms with Crippen LogP contribution in [-0.2, 0) is 6.42 Å². The summed E-state index contributed by atoms with van der Waals surface area (Å²) in [5, 5.41) is 6.28. The van der Waals surface area contributed by atoms with Crippen LogP contribution in [0.2, 0.25) is 0 Å². The highest BCUT2D eigenvalue weighted by Crippen LogP contribution is 2.20. The Bertz CT molecular complexity index is 295. The highest BCUT2D eigenvalue weighted by molar-refractivity contribution is 7.11. The van der Waals surface area contributed by atoms with Crippen molar-refractivity contribution < 1.29 is 4.74 Å². The minimum Gasteiger partial charge on any atom is -0.470 e. The van der Waals surface area contributed by atoms with Gasteiger partial charge in [-0.2, -0.15) is 0 Å². The third-order valence-electron chi connectivity index (χ3n) is 2.79. The molecule has 1 saturated heterocycles. The summed E-state index contributed by atoms with van der Waals surface area (Å²) in [4.78, 5) is 4.39. The summed E-state index contributed by atoms with van der Waals surface area (Å²) < 4.78 is 5.71. The van der Waals surface area contributed by atoms with Crippen molar-refractivity contribution in [3.8, 4) is 5.19 Å². The first-order valence-electron chi connectivity index (χ1n) is 5.66. The van der Waals surface area contributed by atoms with E-state index in [9.17, 15) is 0 Å². The van der Waals surface area contributed by atoms with Crippen molar-refractivity contribution in [1.82, 2.24) is 10.3 Å². The van der Waals surface area contributed by atoms with E-state index in [2.05, 4.69) is 22.6 Å². The number of hydrogen-bond acceptors (Lipinski definition) is 4. The molecule has 3 nitrogen and oxygen atoms in total. The van der Waals surface area contributed by atoms with Crippen LogP contribution in [0.5, 0.6) is 5.19 Å². The van der Waals surface area contributed by atoms with Crippen molar-refractivity contribution in [1.29, 1.82) is 0 Å². The van der Waals surface area contributed by atoms with Gasteiger partial charge in [0.05, 0.1) is 12.3 Å². The number of piperidine rings is 1. The summed E-state index contributed by atoms with van der Waals surface area (Å²) in [6.07, 6.45) is 3.45. The van der Waals surface area contributed by atoms with Crippen LogP contribution in [0.25, 0.3) is 0 Å². The predicted molar refractivity (Wildman–Crippen MR) is 62.6 cm³/mol. The molecule has 0 saturated carbocycles. The topological polar surface area (TPSA) is 34.1 Å².